The molecule has 1 aromatic heterocycles. The molecule has 1 radical (unpaired) electrons. The van der Waals surface area contributed by atoms with E-state index in [1.165, 1.54) is 36.6 Å². The molecule has 2 fully saturated rings. The fourth-order valence-electron chi connectivity index (χ4n) is 5.36. The second-order valence-electron chi connectivity index (χ2n) is 9.16. The molecule has 2 unspecified atom stereocenters. The molecular formula is C28H34IrNO2-. The predicted octanol–water partition coefficient (Wildman–Crippen LogP) is 6.10. The standard InChI is InChI=1S/C16H12N.C12H22O2.Ir/c1-12-11-16(13-7-3-2-4-8-13)17-15-10-6-5-9-14(12)15;13-10-7-3-1-5-9-6-2-4-8-11(14)12(9)10;/h2-7,9-11H,1H3;9-14H,1-8H2;/q-1;;. The van der Waals surface area contributed by atoms with Crippen LogP contribution >= 0.6 is 0 Å². The SMILES string of the molecule is Cc1cc(-c2[c-]cccc2)nc2ccccc12.OC1CCCCC2CCCCC(O)C12.[Ir]. The van der Waals surface area contributed by atoms with Gasteiger partial charge >= 0.3 is 0 Å². The van der Waals surface area contributed by atoms with E-state index >= 15 is 0 Å². The van der Waals surface area contributed by atoms with Crippen molar-refractivity contribution in [1.29, 1.82) is 0 Å². The van der Waals surface area contributed by atoms with E-state index in [-0.39, 0.29) is 38.2 Å². The Morgan fingerprint density at radius 2 is 1.47 bits per heavy atom. The molecule has 32 heavy (non-hydrogen) atoms. The Kier molecular flexibility index (Phi) is 9.43. The van der Waals surface area contributed by atoms with E-state index in [4.69, 9.17) is 0 Å². The Morgan fingerprint density at radius 1 is 0.844 bits per heavy atom. The summed E-state index contributed by atoms with van der Waals surface area (Å²) in [6, 6.07) is 21.5. The summed E-state index contributed by atoms with van der Waals surface area (Å²) in [5.41, 5.74) is 4.32. The van der Waals surface area contributed by atoms with Crippen LogP contribution in [-0.4, -0.2) is 27.4 Å². The quantitative estimate of drug-likeness (QED) is 0.329. The molecule has 2 aliphatic carbocycles. The van der Waals surface area contributed by atoms with Crippen LogP contribution in [0.25, 0.3) is 22.2 Å². The van der Waals surface area contributed by atoms with Gasteiger partial charge in [-0.3, -0.25) is 4.98 Å². The van der Waals surface area contributed by atoms with E-state index in [1.807, 2.05) is 36.4 Å². The average Bonchev–Trinajstić information content (AvgIpc) is 3.10. The molecule has 0 saturated heterocycles. The van der Waals surface area contributed by atoms with Gasteiger partial charge in [0.25, 0.3) is 0 Å². The fraction of sp³-hybridized carbons (Fsp3) is 0.464. The number of aromatic nitrogens is 1. The van der Waals surface area contributed by atoms with Gasteiger partial charge in [0.2, 0.25) is 0 Å². The third kappa shape index (κ3) is 6.05. The van der Waals surface area contributed by atoms with Crippen molar-refractivity contribution in [3.05, 3.63) is 66.2 Å². The largest absolute Gasteiger partial charge is 0.393 e. The number of pyridine rings is 1. The van der Waals surface area contributed by atoms with Crippen molar-refractivity contribution >= 4 is 10.9 Å². The molecular weight excluding hydrogens is 575 g/mol. The van der Waals surface area contributed by atoms with Gasteiger partial charge < -0.3 is 10.2 Å². The van der Waals surface area contributed by atoms with E-state index in [1.54, 1.807) is 0 Å². The van der Waals surface area contributed by atoms with E-state index in [9.17, 15) is 10.2 Å². The molecule has 0 bridgehead atoms. The topological polar surface area (TPSA) is 53.4 Å². The van der Waals surface area contributed by atoms with Crippen molar-refractivity contribution in [2.24, 2.45) is 11.8 Å². The van der Waals surface area contributed by atoms with Crippen molar-refractivity contribution in [1.82, 2.24) is 4.98 Å². The molecule has 2 aromatic carbocycles. The third-order valence-corrected chi connectivity index (χ3v) is 6.99. The van der Waals surface area contributed by atoms with Gasteiger partial charge in [-0.15, -0.1) is 35.9 Å². The van der Waals surface area contributed by atoms with E-state index in [2.05, 4.69) is 36.2 Å². The van der Waals surface area contributed by atoms with Gasteiger partial charge in [0.1, 0.15) is 0 Å². The first-order chi connectivity index (χ1) is 15.1. The summed E-state index contributed by atoms with van der Waals surface area (Å²) in [5, 5.41) is 21.3. The van der Waals surface area contributed by atoms with E-state index in [0.717, 1.165) is 42.5 Å². The van der Waals surface area contributed by atoms with Crippen LogP contribution in [0.5, 0.6) is 0 Å². The zero-order chi connectivity index (χ0) is 21.6. The molecule has 0 spiro atoms. The first-order valence-corrected chi connectivity index (χ1v) is 11.8. The Hall–Kier alpha value is -1.58. The molecule has 1 heterocycles. The maximum atomic E-state index is 10.0. The second kappa shape index (κ2) is 12.0. The van der Waals surface area contributed by atoms with Gasteiger partial charge in [-0.05, 0) is 55.8 Å². The van der Waals surface area contributed by atoms with Gasteiger partial charge in [-0.1, -0.05) is 49.9 Å². The van der Waals surface area contributed by atoms with Crippen LogP contribution in [-0.2, 0) is 20.1 Å². The van der Waals surface area contributed by atoms with E-state index in [0.29, 0.717) is 5.92 Å². The monoisotopic (exact) mass is 609 g/mol. The summed E-state index contributed by atoms with van der Waals surface area (Å²) in [7, 11) is 0. The van der Waals surface area contributed by atoms with Gasteiger partial charge in [0.15, 0.2) is 0 Å². The summed E-state index contributed by atoms with van der Waals surface area (Å²) in [6.45, 7) is 2.12. The van der Waals surface area contributed by atoms with Crippen molar-refractivity contribution < 1.29 is 30.3 Å². The molecule has 5 rings (SSSR count). The number of aliphatic hydroxyl groups excluding tert-OH is 2. The van der Waals surface area contributed by atoms with Gasteiger partial charge in [-0.2, -0.15) is 0 Å². The van der Waals surface area contributed by atoms with Crippen LogP contribution < -0.4 is 0 Å². The molecule has 4 heteroatoms. The zero-order valence-electron chi connectivity index (χ0n) is 18.8. The molecule has 0 amide bonds. The number of hydrogen-bond donors (Lipinski definition) is 2. The third-order valence-electron chi connectivity index (χ3n) is 6.99. The van der Waals surface area contributed by atoms with Crippen LogP contribution in [0, 0.1) is 24.8 Å². The number of rotatable bonds is 1. The Balaban J connectivity index is 0.000000178. The molecule has 3 aromatic rings. The number of fused-ring (bicyclic) bond motifs is 2. The minimum Gasteiger partial charge on any atom is -0.393 e. The minimum atomic E-state index is -0.240. The second-order valence-corrected chi connectivity index (χ2v) is 9.16. The summed E-state index contributed by atoms with van der Waals surface area (Å²) in [5.74, 6) is 0.769. The first-order valence-electron chi connectivity index (χ1n) is 11.8. The number of para-hydroxylation sites is 1. The van der Waals surface area contributed by atoms with Gasteiger partial charge in [0, 0.05) is 31.4 Å². The molecule has 0 aliphatic heterocycles. The number of benzene rings is 2. The average molecular weight is 609 g/mol. The molecule has 2 aliphatic rings. The number of nitrogens with zero attached hydrogens (tertiary/aromatic N) is 1. The number of hydrogen-bond acceptors (Lipinski definition) is 3. The Morgan fingerprint density at radius 3 is 2.12 bits per heavy atom. The summed E-state index contributed by atoms with van der Waals surface area (Å²) < 4.78 is 0. The summed E-state index contributed by atoms with van der Waals surface area (Å²) in [4.78, 5) is 4.68. The van der Waals surface area contributed by atoms with Crippen molar-refractivity contribution in [3.8, 4) is 11.3 Å². The molecule has 2 saturated carbocycles. The summed E-state index contributed by atoms with van der Waals surface area (Å²) in [6.07, 6.45) is 8.53. The molecule has 173 valence electrons. The smallest absolute Gasteiger partial charge is 0.0597 e. The van der Waals surface area contributed by atoms with Gasteiger partial charge in [0.05, 0.1) is 17.7 Å². The first kappa shape index (κ1) is 25.0. The maximum absolute atomic E-state index is 10.0. The van der Waals surface area contributed by atoms with Crippen molar-refractivity contribution in [3.63, 3.8) is 0 Å². The van der Waals surface area contributed by atoms with Crippen LogP contribution in [0.15, 0.2) is 54.6 Å². The molecule has 3 nitrogen and oxygen atoms in total. The van der Waals surface area contributed by atoms with Crippen molar-refractivity contribution in [2.45, 2.75) is 70.5 Å². The fourth-order valence-corrected chi connectivity index (χ4v) is 5.36. The number of aryl methyl sites for hydroxylation is 1. The van der Waals surface area contributed by atoms with Crippen molar-refractivity contribution in [2.75, 3.05) is 0 Å². The maximum Gasteiger partial charge on any atom is 0.0597 e. The summed E-state index contributed by atoms with van der Waals surface area (Å²) >= 11 is 0. The predicted molar refractivity (Wildman–Crippen MR) is 127 cm³/mol. The van der Waals surface area contributed by atoms with Crippen LogP contribution in [0.2, 0.25) is 0 Å². The van der Waals surface area contributed by atoms with Crippen LogP contribution in [0.1, 0.15) is 56.9 Å². The zero-order valence-corrected chi connectivity index (χ0v) is 21.2. The number of aliphatic hydroxyl groups is 2. The van der Waals surface area contributed by atoms with E-state index < -0.39 is 0 Å². The van der Waals surface area contributed by atoms with Crippen LogP contribution in [0.3, 0.4) is 0 Å². The van der Waals surface area contributed by atoms with Crippen LogP contribution in [0.4, 0.5) is 0 Å². The Bertz CT molecular complexity index is 960. The Labute approximate surface area is 205 Å². The molecule has 2 N–H and O–H groups in total. The van der Waals surface area contributed by atoms with Gasteiger partial charge in [-0.25, -0.2) is 0 Å². The minimum absolute atomic E-state index is 0. The molecule has 2 atom stereocenters. The normalized spacial score (nSPS) is 25.3.